The maximum absolute atomic E-state index is 12.1. The van der Waals surface area contributed by atoms with E-state index in [0.717, 1.165) is 0 Å². The van der Waals surface area contributed by atoms with E-state index in [1.807, 2.05) is 0 Å². The van der Waals surface area contributed by atoms with Gasteiger partial charge in [0, 0.05) is 37.3 Å². The lowest BCUT2D eigenvalue weighted by Gasteiger charge is -2.30. The fraction of sp³-hybridized carbons (Fsp3) is 0.600. The third-order valence-electron chi connectivity index (χ3n) is 3.52. The Labute approximate surface area is 137 Å². The van der Waals surface area contributed by atoms with Gasteiger partial charge in [0.25, 0.3) is 5.69 Å². The second-order valence-electron chi connectivity index (χ2n) is 6.00. The molecule has 130 valence electrons. The zero-order valence-corrected chi connectivity index (χ0v) is 14.8. The van der Waals surface area contributed by atoms with Crippen molar-refractivity contribution in [3.63, 3.8) is 0 Å². The van der Waals surface area contributed by atoms with Crippen molar-refractivity contribution in [3.05, 3.63) is 39.9 Å². The third-order valence-corrected chi connectivity index (χ3v) is 4.88. The fourth-order valence-corrected chi connectivity index (χ4v) is 3.56. The second-order valence-corrected chi connectivity index (χ2v) is 7.81. The molecule has 1 aromatic carbocycles. The fourth-order valence-electron chi connectivity index (χ4n) is 2.43. The number of nitrogens with one attached hydrogen (secondary N) is 1. The highest BCUT2D eigenvalue weighted by Crippen LogP contribution is 2.13. The van der Waals surface area contributed by atoms with E-state index in [1.165, 1.54) is 24.3 Å². The van der Waals surface area contributed by atoms with Crippen molar-refractivity contribution in [2.75, 3.05) is 13.1 Å². The summed E-state index contributed by atoms with van der Waals surface area (Å²) in [5, 5.41) is 10.6. The number of non-ortho nitro benzene ring substituents is 1. The van der Waals surface area contributed by atoms with Gasteiger partial charge in [-0.15, -0.1) is 0 Å². The summed E-state index contributed by atoms with van der Waals surface area (Å²) in [6, 6.07) is 6.23. The predicted molar refractivity (Wildman–Crippen MR) is 90.7 cm³/mol. The lowest BCUT2D eigenvalue weighted by atomic mass is 10.2. The van der Waals surface area contributed by atoms with Crippen LogP contribution in [-0.4, -0.2) is 43.4 Å². The van der Waals surface area contributed by atoms with E-state index in [4.69, 9.17) is 0 Å². The highest BCUT2D eigenvalue weighted by Gasteiger charge is 2.16. The largest absolute Gasteiger partial charge is 0.297 e. The van der Waals surface area contributed by atoms with Gasteiger partial charge in [0.05, 0.1) is 10.7 Å². The normalized spacial score (nSPS) is 12.3. The quantitative estimate of drug-likeness (QED) is 0.548. The molecule has 0 bridgehead atoms. The standard InChI is InChI=1S/C15H25N3O4S/c1-12(2)17(13(3)4)10-9-16-23(21,22)11-14-5-7-15(8-6-14)18(19)20/h5-8,12-13,16H,9-11H2,1-4H3. The molecule has 0 aliphatic heterocycles. The Bertz CT molecular complexity index is 604. The van der Waals surface area contributed by atoms with Crippen molar-refractivity contribution >= 4 is 15.7 Å². The first-order chi connectivity index (χ1) is 10.6. The molecule has 0 aromatic heterocycles. The number of benzene rings is 1. The molecule has 0 atom stereocenters. The molecule has 1 aromatic rings. The molecule has 23 heavy (non-hydrogen) atoms. The van der Waals surface area contributed by atoms with Gasteiger partial charge in [0.15, 0.2) is 0 Å². The van der Waals surface area contributed by atoms with E-state index in [2.05, 4.69) is 37.3 Å². The molecule has 0 fully saturated rings. The molecular weight excluding hydrogens is 318 g/mol. The lowest BCUT2D eigenvalue weighted by molar-refractivity contribution is -0.384. The van der Waals surface area contributed by atoms with Crippen LogP contribution in [0.4, 0.5) is 5.69 Å². The molecule has 0 saturated carbocycles. The summed E-state index contributed by atoms with van der Waals surface area (Å²) < 4.78 is 26.7. The van der Waals surface area contributed by atoms with Crippen molar-refractivity contribution in [1.82, 2.24) is 9.62 Å². The molecule has 0 radical (unpaired) electrons. The number of rotatable bonds is 9. The summed E-state index contributed by atoms with van der Waals surface area (Å²) in [5.74, 6) is -0.186. The average Bonchev–Trinajstić information content (AvgIpc) is 2.42. The van der Waals surface area contributed by atoms with Crippen molar-refractivity contribution in [2.45, 2.75) is 45.5 Å². The molecule has 0 spiro atoms. The van der Waals surface area contributed by atoms with Crippen LogP contribution in [0.15, 0.2) is 24.3 Å². The molecule has 0 aliphatic rings. The van der Waals surface area contributed by atoms with Crippen LogP contribution in [-0.2, 0) is 15.8 Å². The van der Waals surface area contributed by atoms with Crippen LogP contribution in [0.2, 0.25) is 0 Å². The zero-order valence-electron chi connectivity index (χ0n) is 14.0. The minimum Gasteiger partial charge on any atom is -0.297 e. The summed E-state index contributed by atoms with van der Waals surface area (Å²) in [6.45, 7) is 9.27. The van der Waals surface area contributed by atoms with Gasteiger partial charge < -0.3 is 0 Å². The molecule has 0 unspecified atom stereocenters. The van der Waals surface area contributed by atoms with E-state index >= 15 is 0 Å². The molecule has 8 heteroatoms. The van der Waals surface area contributed by atoms with Gasteiger partial charge in [-0.2, -0.15) is 0 Å². The van der Waals surface area contributed by atoms with Gasteiger partial charge >= 0.3 is 0 Å². The number of hydrogen-bond acceptors (Lipinski definition) is 5. The highest BCUT2D eigenvalue weighted by atomic mass is 32.2. The number of hydrogen-bond donors (Lipinski definition) is 1. The van der Waals surface area contributed by atoms with Gasteiger partial charge in [-0.3, -0.25) is 15.0 Å². The topological polar surface area (TPSA) is 92.6 Å². The summed E-state index contributed by atoms with van der Waals surface area (Å²) in [4.78, 5) is 12.3. The molecule has 0 aliphatic carbocycles. The number of nitrogens with zero attached hydrogens (tertiary/aromatic N) is 2. The van der Waals surface area contributed by atoms with E-state index in [9.17, 15) is 18.5 Å². The van der Waals surface area contributed by atoms with Crippen molar-refractivity contribution in [1.29, 1.82) is 0 Å². The number of nitro benzene ring substituents is 1. The Morgan fingerprint density at radius 3 is 2.09 bits per heavy atom. The molecule has 0 heterocycles. The van der Waals surface area contributed by atoms with Gasteiger partial charge in [0.1, 0.15) is 0 Å². The van der Waals surface area contributed by atoms with Gasteiger partial charge in [0.2, 0.25) is 10.0 Å². The van der Waals surface area contributed by atoms with Crippen LogP contribution >= 0.6 is 0 Å². The van der Waals surface area contributed by atoms with Crippen LogP contribution in [0.1, 0.15) is 33.3 Å². The van der Waals surface area contributed by atoms with E-state index in [0.29, 0.717) is 30.7 Å². The highest BCUT2D eigenvalue weighted by molar-refractivity contribution is 7.88. The number of sulfonamides is 1. The van der Waals surface area contributed by atoms with E-state index in [-0.39, 0.29) is 11.4 Å². The monoisotopic (exact) mass is 343 g/mol. The van der Waals surface area contributed by atoms with Crippen LogP contribution in [0, 0.1) is 10.1 Å². The van der Waals surface area contributed by atoms with Crippen molar-refractivity contribution < 1.29 is 13.3 Å². The van der Waals surface area contributed by atoms with Gasteiger partial charge in [-0.05, 0) is 33.3 Å². The Morgan fingerprint density at radius 2 is 1.65 bits per heavy atom. The molecule has 1 rings (SSSR count). The van der Waals surface area contributed by atoms with E-state index in [1.54, 1.807) is 0 Å². The summed E-state index contributed by atoms with van der Waals surface area (Å²) in [5.41, 5.74) is 0.469. The first kappa shape index (κ1) is 19.5. The average molecular weight is 343 g/mol. The molecule has 0 saturated heterocycles. The molecule has 0 amide bonds. The van der Waals surface area contributed by atoms with Gasteiger partial charge in [-0.25, -0.2) is 13.1 Å². The van der Waals surface area contributed by atoms with E-state index < -0.39 is 14.9 Å². The predicted octanol–water partition coefficient (Wildman–Crippen LogP) is 2.13. The van der Waals surface area contributed by atoms with Crippen molar-refractivity contribution in [2.24, 2.45) is 0 Å². The van der Waals surface area contributed by atoms with Crippen LogP contribution in [0.3, 0.4) is 0 Å². The summed E-state index contributed by atoms with van der Waals surface area (Å²) >= 11 is 0. The summed E-state index contributed by atoms with van der Waals surface area (Å²) in [7, 11) is -3.46. The maximum atomic E-state index is 12.1. The minimum absolute atomic E-state index is 0.0522. The Morgan fingerprint density at radius 1 is 1.13 bits per heavy atom. The van der Waals surface area contributed by atoms with Crippen molar-refractivity contribution in [3.8, 4) is 0 Å². The third kappa shape index (κ3) is 6.64. The first-order valence-corrected chi connectivity index (χ1v) is 9.24. The minimum atomic E-state index is -3.46. The van der Waals surface area contributed by atoms with Crippen LogP contribution < -0.4 is 4.72 Å². The second kappa shape index (κ2) is 8.37. The Hall–Kier alpha value is -1.51. The Balaban J connectivity index is 2.57. The van der Waals surface area contributed by atoms with Crippen LogP contribution in [0.25, 0.3) is 0 Å². The summed E-state index contributed by atoms with van der Waals surface area (Å²) in [6.07, 6.45) is 0. The SMILES string of the molecule is CC(C)N(CCNS(=O)(=O)Cc1ccc([N+](=O)[O-])cc1)C(C)C. The maximum Gasteiger partial charge on any atom is 0.269 e. The Kier molecular flexibility index (Phi) is 7.11. The molecular formula is C15H25N3O4S. The molecule has 1 N–H and O–H groups in total. The van der Waals surface area contributed by atoms with Gasteiger partial charge in [-0.1, -0.05) is 12.1 Å². The smallest absolute Gasteiger partial charge is 0.269 e. The number of nitro groups is 1. The molecule has 7 nitrogen and oxygen atoms in total. The first-order valence-electron chi connectivity index (χ1n) is 7.59. The zero-order chi connectivity index (χ0) is 17.6. The lowest BCUT2D eigenvalue weighted by Crippen LogP contribution is -2.42. The van der Waals surface area contributed by atoms with Crippen LogP contribution in [0.5, 0.6) is 0 Å².